The highest BCUT2D eigenvalue weighted by molar-refractivity contribution is 8.68. The van der Waals surface area contributed by atoms with Gasteiger partial charge in [-0.15, -0.1) is 11.7 Å². The third-order valence-electron chi connectivity index (χ3n) is 2.42. The minimum Gasteiger partial charge on any atom is -0.508 e. The molecule has 0 heterocycles. The van der Waals surface area contributed by atoms with Gasteiger partial charge in [0.1, 0.15) is 5.75 Å². The van der Waals surface area contributed by atoms with Gasteiger partial charge in [0.15, 0.2) is 0 Å². The van der Waals surface area contributed by atoms with Crippen LogP contribution in [-0.4, -0.2) is 28.5 Å². The molecule has 0 spiro atoms. The van der Waals surface area contributed by atoms with E-state index in [1.54, 1.807) is 12.1 Å². The van der Waals surface area contributed by atoms with Gasteiger partial charge in [0.05, 0.1) is 6.04 Å². The lowest BCUT2D eigenvalue weighted by Crippen LogP contribution is -2.37. The van der Waals surface area contributed by atoms with Crippen molar-refractivity contribution in [1.82, 2.24) is 0 Å². The van der Waals surface area contributed by atoms with Crippen LogP contribution in [-0.2, 0) is 16.0 Å². The predicted octanol–water partition coefficient (Wildman–Crippen LogP) is 1.37. The third kappa shape index (κ3) is 4.72. The second-order valence-electron chi connectivity index (χ2n) is 3.85. The van der Waals surface area contributed by atoms with Crippen molar-refractivity contribution in [2.75, 3.05) is 5.75 Å². The molecule has 1 aromatic carbocycles. The molecule has 0 aromatic heterocycles. The Bertz CT molecular complexity index is 420. The molecule has 6 heteroatoms. The first kappa shape index (κ1) is 15.1. The average Bonchev–Trinajstić information content (AvgIpc) is 2.37. The van der Waals surface area contributed by atoms with E-state index in [9.17, 15) is 9.59 Å². The van der Waals surface area contributed by atoms with Gasteiger partial charge in [0, 0.05) is 12.2 Å². The molecule has 1 rings (SSSR count). The van der Waals surface area contributed by atoms with Gasteiger partial charge in [0.25, 0.3) is 0 Å². The van der Waals surface area contributed by atoms with E-state index < -0.39 is 17.6 Å². The molecular formula is C12H15NO3S2. The maximum atomic E-state index is 11.7. The van der Waals surface area contributed by atoms with E-state index in [1.807, 2.05) is 0 Å². The van der Waals surface area contributed by atoms with Gasteiger partial charge < -0.3 is 10.8 Å². The fourth-order valence-electron chi connectivity index (χ4n) is 1.45. The van der Waals surface area contributed by atoms with Gasteiger partial charge in [-0.3, -0.25) is 9.59 Å². The molecule has 0 saturated heterocycles. The van der Waals surface area contributed by atoms with E-state index >= 15 is 0 Å². The van der Waals surface area contributed by atoms with Crippen LogP contribution >= 0.6 is 22.5 Å². The molecule has 3 N–H and O–H groups in total. The van der Waals surface area contributed by atoms with Crippen molar-refractivity contribution in [1.29, 1.82) is 0 Å². The fourth-order valence-corrected chi connectivity index (χ4v) is 2.00. The summed E-state index contributed by atoms with van der Waals surface area (Å²) in [5.74, 6) is -0.353. The first-order valence-electron chi connectivity index (χ1n) is 5.41. The standard InChI is InChI=1S/C12H15NO3S2/c13-10(12(16)11(15)5-6-18-17)7-8-1-3-9(14)4-2-8/h1-4,10,14,17H,5-7,13H2/t10-/m0/s1. The molecule has 4 nitrogen and oxygen atoms in total. The average molecular weight is 285 g/mol. The predicted molar refractivity (Wildman–Crippen MR) is 75.9 cm³/mol. The Morgan fingerprint density at radius 3 is 2.50 bits per heavy atom. The van der Waals surface area contributed by atoms with Crippen LogP contribution in [0, 0.1) is 0 Å². The lowest BCUT2D eigenvalue weighted by molar-refractivity contribution is -0.137. The van der Waals surface area contributed by atoms with Gasteiger partial charge in [-0.25, -0.2) is 0 Å². The molecule has 18 heavy (non-hydrogen) atoms. The quantitative estimate of drug-likeness (QED) is 0.400. The number of rotatable bonds is 7. The van der Waals surface area contributed by atoms with Crippen LogP contribution in [0.3, 0.4) is 0 Å². The molecule has 0 unspecified atom stereocenters. The number of benzene rings is 1. The number of Topliss-reactive ketones (excluding diaryl/α,β-unsaturated/α-hetero) is 2. The summed E-state index contributed by atoms with van der Waals surface area (Å²) < 4.78 is 0. The number of phenolic OH excluding ortho intramolecular Hbond substituents is 1. The molecular weight excluding hydrogens is 270 g/mol. The molecule has 0 saturated carbocycles. The Morgan fingerprint density at radius 1 is 1.33 bits per heavy atom. The van der Waals surface area contributed by atoms with Crippen molar-refractivity contribution in [3.8, 4) is 5.75 Å². The minimum atomic E-state index is -0.827. The van der Waals surface area contributed by atoms with Crippen LogP contribution in [0.2, 0.25) is 0 Å². The molecule has 0 aliphatic carbocycles. The van der Waals surface area contributed by atoms with Crippen molar-refractivity contribution in [3.05, 3.63) is 29.8 Å². The van der Waals surface area contributed by atoms with E-state index in [4.69, 9.17) is 10.8 Å². The summed E-state index contributed by atoms with van der Waals surface area (Å²) in [6.07, 6.45) is 0.454. The second kappa shape index (κ2) is 7.45. The van der Waals surface area contributed by atoms with Gasteiger partial charge >= 0.3 is 0 Å². The van der Waals surface area contributed by atoms with Crippen LogP contribution in [0.5, 0.6) is 5.75 Å². The van der Waals surface area contributed by atoms with Crippen LogP contribution in [0.25, 0.3) is 0 Å². The highest BCUT2D eigenvalue weighted by Gasteiger charge is 2.21. The Labute approximate surface area is 115 Å². The summed E-state index contributed by atoms with van der Waals surface area (Å²) in [5, 5.41) is 9.12. The Balaban J connectivity index is 2.54. The smallest absolute Gasteiger partial charge is 0.215 e. The van der Waals surface area contributed by atoms with Gasteiger partial charge in [0.2, 0.25) is 11.6 Å². The first-order valence-corrected chi connectivity index (χ1v) is 7.45. The Kier molecular flexibility index (Phi) is 6.24. The van der Waals surface area contributed by atoms with Crippen molar-refractivity contribution in [3.63, 3.8) is 0 Å². The van der Waals surface area contributed by atoms with Crippen LogP contribution < -0.4 is 5.73 Å². The number of aromatic hydroxyl groups is 1. The van der Waals surface area contributed by atoms with Gasteiger partial charge in [-0.2, -0.15) is 0 Å². The van der Waals surface area contributed by atoms with E-state index in [0.717, 1.165) is 5.56 Å². The number of hydrogen-bond acceptors (Lipinski definition) is 6. The third-order valence-corrected chi connectivity index (χ3v) is 3.36. The van der Waals surface area contributed by atoms with E-state index in [0.29, 0.717) is 12.2 Å². The molecule has 0 amide bonds. The van der Waals surface area contributed by atoms with E-state index in [-0.39, 0.29) is 12.2 Å². The number of ketones is 2. The summed E-state index contributed by atoms with van der Waals surface area (Å²) in [5.41, 5.74) is 6.51. The van der Waals surface area contributed by atoms with Crippen molar-refractivity contribution < 1.29 is 14.7 Å². The molecule has 0 aliphatic heterocycles. The Hall–Kier alpha value is -0.980. The summed E-state index contributed by atoms with van der Waals surface area (Å²) >= 11 is 3.90. The van der Waals surface area contributed by atoms with Crippen molar-refractivity contribution >= 4 is 34.0 Å². The number of hydrogen-bond donors (Lipinski definition) is 3. The number of phenols is 1. The largest absolute Gasteiger partial charge is 0.508 e. The lowest BCUT2D eigenvalue weighted by Gasteiger charge is -2.09. The zero-order valence-electron chi connectivity index (χ0n) is 9.70. The minimum absolute atomic E-state index is 0.153. The monoisotopic (exact) mass is 285 g/mol. The summed E-state index contributed by atoms with van der Waals surface area (Å²) in [6.45, 7) is 0. The van der Waals surface area contributed by atoms with Crippen molar-refractivity contribution in [2.24, 2.45) is 5.73 Å². The molecule has 0 aliphatic rings. The molecule has 1 aromatic rings. The zero-order valence-corrected chi connectivity index (χ0v) is 11.4. The molecule has 0 bridgehead atoms. The molecule has 0 radical (unpaired) electrons. The van der Waals surface area contributed by atoms with Crippen LogP contribution in [0.4, 0.5) is 0 Å². The molecule has 98 valence electrons. The maximum absolute atomic E-state index is 11.7. The highest BCUT2D eigenvalue weighted by Crippen LogP contribution is 2.12. The van der Waals surface area contributed by atoms with Gasteiger partial charge in [-0.1, -0.05) is 22.9 Å². The SMILES string of the molecule is N[C@@H](Cc1ccc(O)cc1)C(=O)C(=O)CCSS. The number of nitrogens with two attached hydrogens (primary N) is 1. The van der Waals surface area contributed by atoms with Crippen LogP contribution in [0.15, 0.2) is 24.3 Å². The maximum Gasteiger partial charge on any atom is 0.215 e. The zero-order chi connectivity index (χ0) is 13.5. The normalized spacial score (nSPS) is 12.1. The molecule has 0 fully saturated rings. The number of carbonyl (C=O) groups is 2. The van der Waals surface area contributed by atoms with E-state index in [2.05, 4.69) is 11.7 Å². The van der Waals surface area contributed by atoms with Crippen LogP contribution in [0.1, 0.15) is 12.0 Å². The highest BCUT2D eigenvalue weighted by atomic mass is 33.1. The fraction of sp³-hybridized carbons (Fsp3) is 0.333. The summed E-state index contributed by atoms with van der Waals surface area (Å²) in [7, 11) is 1.22. The number of thiol groups is 1. The molecule has 1 atom stereocenters. The summed E-state index contributed by atoms with van der Waals surface area (Å²) in [6, 6.07) is 5.57. The first-order chi connectivity index (χ1) is 8.54. The lowest BCUT2D eigenvalue weighted by atomic mass is 10.00. The van der Waals surface area contributed by atoms with E-state index in [1.165, 1.54) is 22.9 Å². The second-order valence-corrected chi connectivity index (χ2v) is 5.29. The Morgan fingerprint density at radius 2 is 1.94 bits per heavy atom. The number of carbonyl (C=O) groups excluding carboxylic acids is 2. The van der Waals surface area contributed by atoms with Gasteiger partial charge in [-0.05, 0) is 24.1 Å². The summed E-state index contributed by atoms with van der Waals surface area (Å²) in [4.78, 5) is 23.1. The van der Waals surface area contributed by atoms with Crippen molar-refractivity contribution in [2.45, 2.75) is 18.9 Å². The topological polar surface area (TPSA) is 80.4 Å².